The predicted molar refractivity (Wildman–Crippen MR) is 146 cm³/mol. The fraction of sp³-hybridized carbons (Fsp3) is 0.0345. The van der Waals surface area contributed by atoms with Crippen LogP contribution in [-0.2, 0) is 11.4 Å². The first-order valence-corrected chi connectivity index (χ1v) is 12.4. The Morgan fingerprint density at radius 1 is 1.00 bits per heavy atom. The predicted octanol–water partition coefficient (Wildman–Crippen LogP) is 7.65. The third kappa shape index (κ3) is 5.58. The number of halogens is 1. The summed E-state index contributed by atoms with van der Waals surface area (Å²) in [5.74, 6) is 0.114. The van der Waals surface area contributed by atoms with E-state index in [2.05, 4.69) is 4.98 Å². The van der Waals surface area contributed by atoms with Crippen LogP contribution in [0.2, 0.25) is 5.02 Å². The highest BCUT2D eigenvalue weighted by molar-refractivity contribution is 7.20. The highest BCUT2D eigenvalue weighted by Crippen LogP contribution is 2.46. The minimum Gasteiger partial charge on any atom is -0.504 e. The van der Waals surface area contributed by atoms with Gasteiger partial charge in [-0.1, -0.05) is 41.9 Å². The molecule has 0 aliphatic carbocycles. The monoisotopic (exact) mass is 529 g/mol. The Kier molecular flexibility index (Phi) is 7.07. The zero-order valence-electron chi connectivity index (χ0n) is 19.3. The quantitative estimate of drug-likeness (QED) is 0.201. The van der Waals surface area contributed by atoms with Crippen molar-refractivity contribution in [2.24, 2.45) is 0 Å². The molecule has 2 aromatic heterocycles. The fourth-order valence-electron chi connectivity index (χ4n) is 3.71. The van der Waals surface area contributed by atoms with E-state index in [1.165, 1.54) is 23.7 Å². The third-order valence-corrected chi connectivity index (χ3v) is 6.85. The van der Waals surface area contributed by atoms with Crippen LogP contribution in [0.3, 0.4) is 0 Å². The number of hydrogen-bond donors (Lipinski definition) is 2. The molecule has 0 fully saturated rings. The number of ether oxygens (including phenoxy) is 2. The molecule has 0 amide bonds. The summed E-state index contributed by atoms with van der Waals surface area (Å²) in [6, 6.07) is 23.1. The van der Waals surface area contributed by atoms with Gasteiger partial charge in [-0.2, -0.15) is 0 Å². The topological polar surface area (TPSA) is 88.9 Å². The number of carboxylic acids is 1. The molecule has 0 atom stereocenters. The lowest BCUT2D eigenvalue weighted by molar-refractivity contribution is -0.130. The molecule has 5 aromatic rings. The van der Waals surface area contributed by atoms with Crippen molar-refractivity contribution in [3.63, 3.8) is 0 Å². The molecule has 0 saturated heterocycles. The van der Waals surface area contributed by atoms with Gasteiger partial charge < -0.3 is 19.7 Å². The summed E-state index contributed by atoms with van der Waals surface area (Å²) in [7, 11) is 0. The molecule has 0 bridgehead atoms. The van der Waals surface area contributed by atoms with Gasteiger partial charge in [0, 0.05) is 33.6 Å². The van der Waals surface area contributed by atoms with E-state index in [9.17, 15) is 15.0 Å². The van der Waals surface area contributed by atoms with Gasteiger partial charge >= 0.3 is 5.97 Å². The first-order chi connectivity index (χ1) is 18.0. The van der Waals surface area contributed by atoms with Gasteiger partial charge in [-0.15, -0.1) is 11.3 Å². The molecular weight excluding hydrogens is 510 g/mol. The number of phenols is 1. The molecule has 0 aliphatic rings. The SMILES string of the molecule is O=C(O)C(=Cc1sc2cc(OCc3ccccc3)c(O)cc2c1Oc1ccc(Cl)cc1)c1ccncc1. The molecule has 184 valence electrons. The average molecular weight is 530 g/mol. The Morgan fingerprint density at radius 2 is 1.73 bits per heavy atom. The number of aromatic hydroxyl groups is 1. The number of hydrogen-bond acceptors (Lipinski definition) is 6. The minimum absolute atomic E-state index is 0.0506. The lowest BCUT2D eigenvalue weighted by atomic mass is 10.1. The van der Waals surface area contributed by atoms with Gasteiger partial charge in [0.2, 0.25) is 0 Å². The van der Waals surface area contributed by atoms with Crippen LogP contribution in [0.25, 0.3) is 21.7 Å². The molecular formula is C29H20ClNO5S. The summed E-state index contributed by atoms with van der Waals surface area (Å²) < 4.78 is 12.9. The number of fused-ring (bicyclic) bond motifs is 1. The molecule has 0 aliphatic heterocycles. The van der Waals surface area contributed by atoms with Crippen LogP contribution in [0.4, 0.5) is 0 Å². The molecule has 0 saturated carbocycles. The van der Waals surface area contributed by atoms with Gasteiger partial charge in [-0.3, -0.25) is 4.98 Å². The van der Waals surface area contributed by atoms with Gasteiger partial charge in [0.05, 0.1) is 10.5 Å². The van der Waals surface area contributed by atoms with E-state index in [4.69, 9.17) is 21.1 Å². The Labute approximate surface area is 221 Å². The average Bonchev–Trinajstić information content (AvgIpc) is 3.23. The number of aliphatic carboxylic acids is 1. The first-order valence-electron chi connectivity index (χ1n) is 11.2. The third-order valence-electron chi connectivity index (χ3n) is 5.52. The van der Waals surface area contributed by atoms with E-state index in [0.717, 1.165) is 10.3 Å². The number of pyridine rings is 1. The highest BCUT2D eigenvalue weighted by Gasteiger charge is 2.20. The Hall–Kier alpha value is -4.33. The van der Waals surface area contributed by atoms with Crippen LogP contribution in [0.1, 0.15) is 16.0 Å². The van der Waals surface area contributed by atoms with Crippen molar-refractivity contribution in [1.82, 2.24) is 4.98 Å². The van der Waals surface area contributed by atoms with Crippen molar-refractivity contribution in [2.45, 2.75) is 6.61 Å². The van der Waals surface area contributed by atoms with E-state index in [-0.39, 0.29) is 17.9 Å². The smallest absolute Gasteiger partial charge is 0.336 e. The fourth-order valence-corrected chi connectivity index (χ4v) is 4.92. The van der Waals surface area contributed by atoms with E-state index in [0.29, 0.717) is 38.1 Å². The number of nitrogens with zero attached hydrogens (tertiary/aromatic N) is 1. The second kappa shape index (κ2) is 10.7. The van der Waals surface area contributed by atoms with Crippen molar-refractivity contribution in [3.8, 4) is 23.0 Å². The second-order valence-corrected chi connectivity index (χ2v) is 9.56. The number of carbonyl (C=O) groups is 1. The van der Waals surface area contributed by atoms with Crippen LogP contribution in [0, 0.1) is 0 Å². The maximum Gasteiger partial charge on any atom is 0.336 e. The summed E-state index contributed by atoms with van der Waals surface area (Å²) in [4.78, 5) is 16.7. The van der Waals surface area contributed by atoms with Gasteiger partial charge in [0.15, 0.2) is 17.2 Å². The van der Waals surface area contributed by atoms with Crippen LogP contribution >= 0.6 is 22.9 Å². The molecule has 5 rings (SSSR count). The van der Waals surface area contributed by atoms with E-state index < -0.39 is 5.97 Å². The molecule has 0 unspecified atom stereocenters. The van der Waals surface area contributed by atoms with Crippen molar-refractivity contribution in [3.05, 3.63) is 112 Å². The Morgan fingerprint density at radius 3 is 2.43 bits per heavy atom. The number of benzene rings is 3. The number of rotatable bonds is 8. The zero-order valence-corrected chi connectivity index (χ0v) is 20.9. The molecule has 3 aromatic carbocycles. The normalized spacial score (nSPS) is 11.4. The maximum atomic E-state index is 12.2. The van der Waals surface area contributed by atoms with E-state index >= 15 is 0 Å². The number of thiophene rings is 1. The molecule has 0 spiro atoms. The van der Waals surface area contributed by atoms with Crippen LogP contribution in [-0.4, -0.2) is 21.2 Å². The minimum atomic E-state index is -1.09. The number of carboxylic acid groups (broad SMARTS) is 1. The van der Waals surface area contributed by atoms with Gasteiger partial charge in [-0.25, -0.2) is 4.79 Å². The molecule has 2 N–H and O–H groups in total. The van der Waals surface area contributed by atoms with Crippen molar-refractivity contribution >= 4 is 50.6 Å². The molecule has 6 nitrogen and oxygen atoms in total. The maximum absolute atomic E-state index is 12.2. The molecule has 2 heterocycles. The highest BCUT2D eigenvalue weighted by atomic mass is 35.5. The largest absolute Gasteiger partial charge is 0.504 e. The first kappa shape index (κ1) is 24.4. The summed E-state index contributed by atoms with van der Waals surface area (Å²) in [6.45, 7) is 0.289. The summed E-state index contributed by atoms with van der Waals surface area (Å²) in [5, 5.41) is 21.9. The lowest BCUT2D eigenvalue weighted by Gasteiger charge is -2.10. The van der Waals surface area contributed by atoms with Gasteiger partial charge in [-0.05, 0) is 59.7 Å². The van der Waals surface area contributed by atoms with Gasteiger partial charge in [0.25, 0.3) is 0 Å². The number of phenolic OH excluding ortho intramolecular Hbond substituents is 1. The summed E-state index contributed by atoms with van der Waals surface area (Å²) in [5.41, 5.74) is 1.55. The van der Waals surface area contributed by atoms with Crippen LogP contribution in [0.15, 0.2) is 91.3 Å². The second-order valence-electron chi connectivity index (χ2n) is 8.04. The lowest BCUT2D eigenvalue weighted by Crippen LogP contribution is -1.99. The van der Waals surface area contributed by atoms with Crippen LogP contribution < -0.4 is 9.47 Å². The Balaban J connectivity index is 1.60. The van der Waals surface area contributed by atoms with Crippen molar-refractivity contribution in [2.75, 3.05) is 0 Å². The summed E-state index contributed by atoms with van der Waals surface area (Å²) in [6.07, 6.45) is 4.64. The molecule has 8 heteroatoms. The Bertz CT molecular complexity index is 1580. The summed E-state index contributed by atoms with van der Waals surface area (Å²) >= 11 is 7.36. The van der Waals surface area contributed by atoms with E-state index in [1.807, 2.05) is 30.3 Å². The standard InChI is InChI=1S/C29H20ClNO5S/c30-20-6-8-21(9-7-20)36-28-23-14-24(32)25(35-17-18-4-2-1-3-5-18)16-26(23)37-27(28)15-22(29(33)34)19-10-12-31-13-11-19/h1-16,32H,17H2,(H,33,34). The molecule has 0 radical (unpaired) electrons. The zero-order chi connectivity index (χ0) is 25.8. The molecule has 37 heavy (non-hydrogen) atoms. The number of aromatic nitrogens is 1. The van der Waals surface area contributed by atoms with Gasteiger partial charge in [0.1, 0.15) is 12.4 Å². The van der Waals surface area contributed by atoms with Crippen LogP contribution in [0.5, 0.6) is 23.0 Å². The van der Waals surface area contributed by atoms with E-state index in [1.54, 1.807) is 54.6 Å². The van der Waals surface area contributed by atoms with Crippen molar-refractivity contribution < 1.29 is 24.5 Å². The van der Waals surface area contributed by atoms with Crippen molar-refractivity contribution in [1.29, 1.82) is 0 Å².